The Morgan fingerprint density at radius 1 is 1.45 bits per heavy atom. The molecule has 0 saturated carbocycles. The molecule has 5 heteroatoms. The van der Waals surface area contributed by atoms with E-state index in [4.69, 9.17) is 4.74 Å². The Labute approximate surface area is 126 Å². The minimum Gasteiger partial charge on any atom is -0.496 e. The Hall–Kier alpha value is -1.26. The van der Waals surface area contributed by atoms with E-state index in [1.807, 2.05) is 29.2 Å². The van der Waals surface area contributed by atoms with Crippen LogP contribution in [0.4, 0.5) is 0 Å². The maximum Gasteiger partial charge on any atom is 0.223 e. The second-order valence-corrected chi connectivity index (χ2v) is 5.01. The van der Waals surface area contributed by atoms with Crippen LogP contribution in [0, 0.1) is 0 Å². The zero-order chi connectivity index (χ0) is 13.7. The second-order valence-electron chi connectivity index (χ2n) is 5.01. The van der Waals surface area contributed by atoms with E-state index in [2.05, 4.69) is 12.2 Å². The van der Waals surface area contributed by atoms with Gasteiger partial charge in [0, 0.05) is 32.1 Å². The van der Waals surface area contributed by atoms with Gasteiger partial charge in [0.25, 0.3) is 0 Å². The van der Waals surface area contributed by atoms with E-state index in [0.717, 1.165) is 37.4 Å². The van der Waals surface area contributed by atoms with Gasteiger partial charge < -0.3 is 15.0 Å². The monoisotopic (exact) mass is 298 g/mol. The van der Waals surface area contributed by atoms with Gasteiger partial charge in [0.05, 0.1) is 7.11 Å². The van der Waals surface area contributed by atoms with Gasteiger partial charge in [0.1, 0.15) is 5.75 Å². The lowest BCUT2D eigenvalue weighted by atomic mass is 10.1. The molecule has 0 bridgehead atoms. The molecule has 1 aromatic carbocycles. The van der Waals surface area contributed by atoms with Crippen LogP contribution < -0.4 is 10.1 Å². The predicted octanol–water partition coefficient (Wildman–Crippen LogP) is 1.87. The molecule has 112 valence electrons. The Kier molecular flexibility index (Phi) is 6.82. The molecule has 4 nitrogen and oxygen atoms in total. The lowest BCUT2D eigenvalue weighted by Crippen LogP contribution is -2.51. The zero-order valence-electron chi connectivity index (χ0n) is 12.1. The number of carbonyl (C=O) groups is 1. The molecule has 0 aromatic heterocycles. The van der Waals surface area contributed by atoms with Crippen LogP contribution in [0.1, 0.15) is 18.9 Å². The molecule has 0 radical (unpaired) electrons. The summed E-state index contributed by atoms with van der Waals surface area (Å²) in [7, 11) is 1.67. The lowest BCUT2D eigenvalue weighted by Gasteiger charge is -2.32. The highest BCUT2D eigenvalue weighted by molar-refractivity contribution is 5.85. The molecule has 1 aromatic rings. The van der Waals surface area contributed by atoms with Crippen molar-refractivity contribution in [2.24, 2.45) is 0 Å². The molecule has 1 aliphatic rings. The van der Waals surface area contributed by atoms with E-state index in [1.54, 1.807) is 7.11 Å². The molecule has 0 spiro atoms. The number of piperazine rings is 1. The number of hydrogen-bond donors (Lipinski definition) is 1. The third-order valence-corrected chi connectivity index (χ3v) is 3.52. The highest BCUT2D eigenvalue weighted by Crippen LogP contribution is 2.19. The summed E-state index contributed by atoms with van der Waals surface area (Å²) in [6.45, 7) is 4.63. The summed E-state index contributed by atoms with van der Waals surface area (Å²) in [4.78, 5) is 14.1. The Morgan fingerprint density at radius 3 is 2.90 bits per heavy atom. The molecule has 1 saturated heterocycles. The molecule has 1 unspecified atom stereocenters. The van der Waals surface area contributed by atoms with Gasteiger partial charge in [-0.1, -0.05) is 18.2 Å². The van der Waals surface area contributed by atoms with Crippen LogP contribution in [0.15, 0.2) is 24.3 Å². The summed E-state index contributed by atoms with van der Waals surface area (Å²) in [5.41, 5.74) is 1.10. The average Bonchev–Trinajstić information content (AvgIpc) is 2.45. The van der Waals surface area contributed by atoms with Crippen molar-refractivity contribution in [3.05, 3.63) is 29.8 Å². The predicted molar refractivity (Wildman–Crippen MR) is 82.6 cm³/mol. The molecule has 1 atom stereocenters. The fourth-order valence-electron chi connectivity index (χ4n) is 2.47. The van der Waals surface area contributed by atoms with E-state index in [9.17, 15) is 4.79 Å². The minimum absolute atomic E-state index is 0. The van der Waals surface area contributed by atoms with Crippen molar-refractivity contribution in [1.82, 2.24) is 10.2 Å². The number of nitrogens with one attached hydrogen (secondary N) is 1. The van der Waals surface area contributed by atoms with Crippen molar-refractivity contribution >= 4 is 18.3 Å². The van der Waals surface area contributed by atoms with Crippen molar-refractivity contribution in [3.63, 3.8) is 0 Å². The van der Waals surface area contributed by atoms with Crippen LogP contribution in [0.5, 0.6) is 5.75 Å². The normalized spacial score (nSPS) is 18.3. The third kappa shape index (κ3) is 4.39. The number of halogens is 1. The summed E-state index contributed by atoms with van der Waals surface area (Å²) in [6.07, 6.45) is 1.29. The van der Waals surface area contributed by atoms with Crippen molar-refractivity contribution < 1.29 is 9.53 Å². The summed E-state index contributed by atoms with van der Waals surface area (Å²) in [5.74, 6) is 1.10. The summed E-state index contributed by atoms with van der Waals surface area (Å²) >= 11 is 0. The summed E-state index contributed by atoms with van der Waals surface area (Å²) in [6, 6.07) is 8.28. The van der Waals surface area contributed by atoms with Crippen LogP contribution in [0.2, 0.25) is 0 Å². The zero-order valence-corrected chi connectivity index (χ0v) is 12.9. The number of amides is 1. The standard InChI is InChI=1S/C15H22N2O2.ClH/c1-12-11-17(10-9-16-12)15(18)8-7-13-5-3-4-6-14(13)19-2;/h3-6,12,16H,7-11H2,1-2H3;1H. The summed E-state index contributed by atoms with van der Waals surface area (Å²) in [5, 5.41) is 3.34. The molecule has 1 aliphatic heterocycles. The van der Waals surface area contributed by atoms with Crippen LogP contribution in [0.25, 0.3) is 0 Å². The highest BCUT2D eigenvalue weighted by Gasteiger charge is 2.20. The lowest BCUT2D eigenvalue weighted by molar-refractivity contribution is -0.132. The van der Waals surface area contributed by atoms with Crippen LogP contribution in [-0.4, -0.2) is 43.6 Å². The highest BCUT2D eigenvalue weighted by atomic mass is 35.5. The number of hydrogen-bond acceptors (Lipinski definition) is 3. The Morgan fingerprint density at radius 2 is 2.20 bits per heavy atom. The van der Waals surface area contributed by atoms with Crippen LogP contribution in [-0.2, 0) is 11.2 Å². The molecular weight excluding hydrogens is 276 g/mol. The van der Waals surface area contributed by atoms with E-state index < -0.39 is 0 Å². The maximum absolute atomic E-state index is 12.2. The molecule has 1 heterocycles. The first-order valence-corrected chi connectivity index (χ1v) is 6.83. The van der Waals surface area contributed by atoms with Gasteiger partial charge in [-0.2, -0.15) is 0 Å². The van der Waals surface area contributed by atoms with Gasteiger partial charge >= 0.3 is 0 Å². The number of nitrogens with zero attached hydrogens (tertiary/aromatic N) is 1. The second kappa shape index (κ2) is 8.12. The number of benzene rings is 1. The number of aryl methyl sites for hydroxylation is 1. The molecule has 1 amide bonds. The van der Waals surface area contributed by atoms with Gasteiger partial charge in [-0.3, -0.25) is 4.79 Å². The molecule has 0 aliphatic carbocycles. The fourth-order valence-corrected chi connectivity index (χ4v) is 2.47. The number of rotatable bonds is 4. The topological polar surface area (TPSA) is 41.6 Å². The molecule has 20 heavy (non-hydrogen) atoms. The Bertz CT molecular complexity index is 440. The molecular formula is C15H23ClN2O2. The van der Waals surface area contributed by atoms with E-state index in [1.165, 1.54) is 0 Å². The Balaban J connectivity index is 0.00000200. The van der Waals surface area contributed by atoms with Crippen molar-refractivity contribution in [2.45, 2.75) is 25.8 Å². The van der Waals surface area contributed by atoms with Gasteiger partial charge in [0.2, 0.25) is 5.91 Å². The molecule has 1 fully saturated rings. The maximum atomic E-state index is 12.2. The molecule has 1 N–H and O–H groups in total. The molecule has 2 rings (SSSR count). The van der Waals surface area contributed by atoms with E-state index in [0.29, 0.717) is 12.5 Å². The SMILES string of the molecule is COc1ccccc1CCC(=O)N1CCNC(C)C1.Cl. The van der Waals surface area contributed by atoms with Crippen LogP contribution >= 0.6 is 12.4 Å². The van der Waals surface area contributed by atoms with E-state index >= 15 is 0 Å². The van der Waals surface area contributed by atoms with Gasteiger partial charge in [-0.25, -0.2) is 0 Å². The summed E-state index contributed by atoms with van der Waals surface area (Å²) < 4.78 is 5.31. The average molecular weight is 299 g/mol. The number of para-hydroxylation sites is 1. The first kappa shape index (κ1) is 16.8. The fraction of sp³-hybridized carbons (Fsp3) is 0.533. The first-order valence-electron chi connectivity index (χ1n) is 6.83. The first-order chi connectivity index (χ1) is 9.20. The van der Waals surface area contributed by atoms with Gasteiger partial charge in [-0.15, -0.1) is 12.4 Å². The number of carbonyl (C=O) groups excluding carboxylic acids is 1. The van der Waals surface area contributed by atoms with Crippen molar-refractivity contribution in [2.75, 3.05) is 26.7 Å². The number of methoxy groups -OCH3 is 1. The van der Waals surface area contributed by atoms with E-state index in [-0.39, 0.29) is 18.3 Å². The quantitative estimate of drug-likeness (QED) is 0.923. The number of ether oxygens (including phenoxy) is 1. The smallest absolute Gasteiger partial charge is 0.223 e. The van der Waals surface area contributed by atoms with Crippen LogP contribution in [0.3, 0.4) is 0 Å². The third-order valence-electron chi connectivity index (χ3n) is 3.52. The van der Waals surface area contributed by atoms with Crippen molar-refractivity contribution in [1.29, 1.82) is 0 Å². The minimum atomic E-state index is 0. The van der Waals surface area contributed by atoms with Gasteiger partial charge in [-0.05, 0) is 25.0 Å². The van der Waals surface area contributed by atoms with Gasteiger partial charge in [0.15, 0.2) is 0 Å². The van der Waals surface area contributed by atoms with Crippen molar-refractivity contribution in [3.8, 4) is 5.75 Å². The largest absolute Gasteiger partial charge is 0.496 e.